The quantitative estimate of drug-likeness (QED) is 0.585. The smallest absolute Gasteiger partial charge is 0.395 e. The van der Waals surface area contributed by atoms with E-state index < -0.39 is 29.8 Å². The van der Waals surface area contributed by atoms with Gasteiger partial charge >= 0.3 is 6.18 Å². The minimum atomic E-state index is -4.57. The molecule has 0 fully saturated rings. The summed E-state index contributed by atoms with van der Waals surface area (Å²) in [5.74, 6) is -1.17. The Balaban J connectivity index is 2.24. The van der Waals surface area contributed by atoms with Gasteiger partial charge in [-0.25, -0.2) is 4.98 Å². The molecule has 0 bridgehead atoms. The fraction of sp³-hybridized carbons (Fsp3) is 0.200. The van der Waals surface area contributed by atoms with Gasteiger partial charge in [-0.1, -0.05) is 18.2 Å². The molecule has 3 aromatic rings. The molecule has 0 aliphatic rings. The van der Waals surface area contributed by atoms with Crippen molar-refractivity contribution in [2.45, 2.75) is 12.1 Å². The molecule has 0 saturated carbocycles. The van der Waals surface area contributed by atoms with Crippen LogP contribution in [0.25, 0.3) is 11.0 Å². The first-order valence-corrected chi connectivity index (χ1v) is 6.96. The summed E-state index contributed by atoms with van der Waals surface area (Å²) in [6.45, 7) is -0.589. The van der Waals surface area contributed by atoms with E-state index in [2.05, 4.69) is 15.0 Å². The highest BCUT2D eigenvalue weighted by atomic mass is 19.4. The standard InChI is InChI=1S/C15H13F3N4O2/c16-15(17,18)10-4-2-1-3-7(10)9(6-23)8-5-20-12-11(8)21-14(19)22-13(12)24/h1-5,9,20,23H,6H2,(H3,19,21,22,24). The molecular formula is C15H13F3N4O2. The first-order valence-electron chi connectivity index (χ1n) is 6.96. The van der Waals surface area contributed by atoms with Gasteiger partial charge in [-0.05, 0) is 11.6 Å². The summed E-state index contributed by atoms with van der Waals surface area (Å²) in [5, 5.41) is 9.71. The molecule has 0 aliphatic carbocycles. The molecule has 1 unspecified atom stereocenters. The molecule has 6 nitrogen and oxygen atoms in total. The molecule has 5 N–H and O–H groups in total. The lowest BCUT2D eigenvalue weighted by Gasteiger charge is -2.19. The van der Waals surface area contributed by atoms with Gasteiger partial charge in [-0.15, -0.1) is 0 Å². The zero-order valence-corrected chi connectivity index (χ0v) is 12.2. The Hall–Kier alpha value is -2.81. The monoisotopic (exact) mass is 338 g/mol. The summed E-state index contributed by atoms with van der Waals surface area (Å²) < 4.78 is 39.7. The number of anilines is 1. The highest BCUT2D eigenvalue weighted by Gasteiger charge is 2.35. The maximum atomic E-state index is 13.2. The van der Waals surface area contributed by atoms with Crippen LogP contribution in [0, 0.1) is 0 Å². The second kappa shape index (κ2) is 5.68. The van der Waals surface area contributed by atoms with Crippen LogP contribution in [0.4, 0.5) is 19.1 Å². The van der Waals surface area contributed by atoms with Gasteiger partial charge in [0.2, 0.25) is 5.95 Å². The van der Waals surface area contributed by atoms with Crippen LogP contribution >= 0.6 is 0 Å². The van der Waals surface area contributed by atoms with Crippen LogP contribution in [0.15, 0.2) is 35.3 Å². The Morgan fingerprint density at radius 1 is 1.25 bits per heavy atom. The number of aromatic nitrogens is 3. The van der Waals surface area contributed by atoms with Crippen molar-refractivity contribution >= 4 is 17.0 Å². The van der Waals surface area contributed by atoms with Crippen molar-refractivity contribution in [2.75, 3.05) is 12.3 Å². The van der Waals surface area contributed by atoms with Gasteiger partial charge in [0.25, 0.3) is 5.56 Å². The van der Waals surface area contributed by atoms with Gasteiger partial charge in [-0.3, -0.25) is 9.78 Å². The van der Waals surface area contributed by atoms with Gasteiger partial charge in [-0.2, -0.15) is 13.2 Å². The second-order valence-electron chi connectivity index (χ2n) is 5.24. The average Bonchev–Trinajstić information content (AvgIpc) is 2.92. The van der Waals surface area contributed by atoms with Gasteiger partial charge in [0, 0.05) is 17.7 Å². The molecule has 9 heteroatoms. The lowest BCUT2D eigenvalue weighted by Crippen LogP contribution is -2.16. The first kappa shape index (κ1) is 16.1. The number of aliphatic hydroxyl groups excluding tert-OH is 1. The van der Waals surface area contributed by atoms with Gasteiger partial charge in [0.15, 0.2) is 0 Å². The topological polar surface area (TPSA) is 108 Å². The normalized spacial score (nSPS) is 13.3. The molecule has 0 spiro atoms. The van der Waals surface area contributed by atoms with E-state index in [1.807, 2.05) is 0 Å². The van der Waals surface area contributed by atoms with E-state index in [-0.39, 0.29) is 28.1 Å². The number of alkyl halides is 3. The Bertz CT molecular complexity index is 946. The van der Waals surface area contributed by atoms with Crippen molar-refractivity contribution in [1.29, 1.82) is 0 Å². The van der Waals surface area contributed by atoms with Crippen LogP contribution < -0.4 is 11.3 Å². The number of nitrogen functional groups attached to an aromatic ring is 1. The number of nitrogens with one attached hydrogen (secondary N) is 2. The molecule has 126 valence electrons. The average molecular weight is 338 g/mol. The summed E-state index contributed by atoms with van der Waals surface area (Å²) in [4.78, 5) is 20.8. The molecule has 2 heterocycles. The maximum absolute atomic E-state index is 13.2. The number of nitrogens with two attached hydrogens (primary N) is 1. The van der Waals surface area contributed by atoms with E-state index in [1.165, 1.54) is 24.4 Å². The first-order chi connectivity index (χ1) is 11.3. The van der Waals surface area contributed by atoms with Crippen molar-refractivity contribution in [3.63, 3.8) is 0 Å². The van der Waals surface area contributed by atoms with Crippen LogP contribution in [0.3, 0.4) is 0 Å². The molecule has 1 aromatic carbocycles. The van der Waals surface area contributed by atoms with Crippen LogP contribution in [-0.4, -0.2) is 26.7 Å². The zero-order chi connectivity index (χ0) is 17.5. The van der Waals surface area contributed by atoms with Gasteiger partial charge in [0.1, 0.15) is 11.0 Å². The number of fused-ring (bicyclic) bond motifs is 1. The molecule has 3 rings (SSSR count). The largest absolute Gasteiger partial charge is 0.416 e. The zero-order valence-electron chi connectivity index (χ0n) is 12.2. The Morgan fingerprint density at radius 3 is 2.62 bits per heavy atom. The minimum Gasteiger partial charge on any atom is -0.395 e. The Morgan fingerprint density at radius 2 is 1.96 bits per heavy atom. The van der Waals surface area contributed by atoms with Gasteiger partial charge in [0.05, 0.1) is 12.2 Å². The fourth-order valence-corrected chi connectivity index (χ4v) is 2.74. The third-order valence-corrected chi connectivity index (χ3v) is 3.78. The molecule has 24 heavy (non-hydrogen) atoms. The fourth-order valence-electron chi connectivity index (χ4n) is 2.74. The maximum Gasteiger partial charge on any atom is 0.416 e. The summed E-state index contributed by atoms with van der Waals surface area (Å²) in [5.41, 5.74) is 4.50. The summed E-state index contributed by atoms with van der Waals surface area (Å²) in [6.07, 6.45) is -3.21. The molecule has 0 amide bonds. The van der Waals surface area contributed by atoms with Crippen molar-refractivity contribution < 1.29 is 18.3 Å². The number of aliphatic hydroxyl groups is 1. The van der Waals surface area contributed by atoms with Crippen LogP contribution in [0.1, 0.15) is 22.6 Å². The highest BCUT2D eigenvalue weighted by Crippen LogP contribution is 2.38. The highest BCUT2D eigenvalue weighted by molar-refractivity contribution is 5.80. The Labute approximate surface area is 133 Å². The molecule has 0 saturated heterocycles. The molecule has 2 aromatic heterocycles. The number of halogens is 3. The van der Waals surface area contributed by atoms with E-state index in [4.69, 9.17) is 5.73 Å². The van der Waals surface area contributed by atoms with E-state index in [0.717, 1.165) is 6.07 Å². The van der Waals surface area contributed by atoms with Crippen LogP contribution in [0.5, 0.6) is 0 Å². The number of benzene rings is 1. The summed E-state index contributed by atoms with van der Waals surface area (Å²) >= 11 is 0. The van der Waals surface area contributed by atoms with Crippen molar-refractivity contribution in [3.05, 3.63) is 57.5 Å². The third kappa shape index (κ3) is 2.62. The summed E-state index contributed by atoms with van der Waals surface area (Å²) in [6, 6.07) is 4.97. The number of rotatable bonds is 3. The van der Waals surface area contributed by atoms with Gasteiger partial charge < -0.3 is 15.8 Å². The number of aromatic amines is 2. The number of nitrogens with zero attached hydrogens (tertiary/aromatic N) is 1. The number of hydrogen-bond acceptors (Lipinski definition) is 4. The van der Waals surface area contributed by atoms with Crippen LogP contribution in [-0.2, 0) is 6.18 Å². The molecular weight excluding hydrogens is 325 g/mol. The lowest BCUT2D eigenvalue weighted by molar-refractivity contribution is -0.138. The minimum absolute atomic E-state index is 0.0853. The summed E-state index contributed by atoms with van der Waals surface area (Å²) in [7, 11) is 0. The number of H-pyrrole nitrogens is 2. The SMILES string of the molecule is Nc1nc2c(C(CO)c3ccccc3C(F)(F)F)c[nH]c2c(=O)[nH]1. The second-order valence-corrected chi connectivity index (χ2v) is 5.24. The van der Waals surface area contributed by atoms with Crippen molar-refractivity contribution in [1.82, 2.24) is 15.0 Å². The molecule has 0 aliphatic heterocycles. The van der Waals surface area contributed by atoms with E-state index in [1.54, 1.807) is 0 Å². The van der Waals surface area contributed by atoms with Crippen LogP contribution in [0.2, 0.25) is 0 Å². The third-order valence-electron chi connectivity index (χ3n) is 3.78. The van der Waals surface area contributed by atoms with E-state index in [0.29, 0.717) is 0 Å². The number of hydrogen-bond donors (Lipinski definition) is 4. The van der Waals surface area contributed by atoms with Crippen molar-refractivity contribution in [3.8, 4) is 0 Å². The predicted octanol–water partition coefficient (Wildman–Crippen LogP) is 1.98. The van der Waals surface area contributed by atoms with Crippen molar-refractivity contribution in [2.24, 2.45) is 0 Å². The predicted molar refractivity (Wildman–Crippen MR) is 81.5 cm³/mol. The molecule has 1 atom stereocenters. The van der Waals surface area contributed by atoms with E-state index >= 15 is 0 Å². The lowest BCUT2D eigenvalue weighted by atomic mass is 9.89. The van der Waals surface area contributed by atoms with E-state index in [9.17, 15) is 23.1 Å². The molecule has 0 radical (unpaired) electrons. The Kier molecular flexibility index (Phi) is 3.80.